The molecule has 5 aliphatic rings. The maximum Gasteiger partial charge on any atom is 0.0594 e. The summed E-state index contributed by atoms with van der Waals surface area (Å²) >= 11 is 0. The Kier molecular flexibility index (Phi) is 43.2. The van der Waals surface area contributed by atoms with Gasteiger partial charge < -0.3 is 29.2 Å². The van der Waals surface area contributed by atoms with E-state index in [4.69, 9.17) is 4.74 Å². The van der Waals surface area contributed by atoms with Gasteiger partial charge in [-0.05, 0) is 139 Å². The van der Waals surface area contributed by atoms with Gasteiger partial charge in [0.25, 0.3) is 0 Å². The van der Waals surface area contributed by atoms with Crippen LogP contribution in [-0.4, -0.2) is 138 Å². The van der Waals surface area contributed by atoms with E-state index in [9.17, 15) is 0 Å². The molecule has 5 heterocycles. The summed E-state index contributed by atoms with van der Waals surface area (Å²) in [4.78, 5) is 11.8. The monoisotopic (exact) mass is 578 g/mol. The highest BCUT2D eigenvalue weighted by atomic mass is 16.5. The van der Waals surface area contributed by atoms with Crippen LogP contribution in [-0.2, 0) is 4.74 Å². The zero-order chi connectivity index (χ0) is 25.6. The summed E-state index contributed by atoms with van der Waals surface area (Å²) in [6, 6.07) is 0. The van der Waals surface area contributed by atoms with Gasteiger partial charge in [0.05, 0.1) is 13.2 Å². The minimum absolute atomic E-state index is 0. The summed E-state index contributed by atoms with van der Waals surface area (Å²) in [7, 11) is 10.9. The quantitative estimate of drug-likeness (QED) is 0.295. The molecule has 5 saturated heterocycles. The SMILES string of the molecule is C.C.C.C.C.CN1CCCC1.CN1CCCCC1.CN1CCCCC1.CN1CCCCCC1.CN1CCOCC1. The largest absolute Gasteiger partial charge is 0.379 e. The van der Waals surface area contributed by atoms with Gasteiger partial charge in [0, 0.05) is 13.1 Å². The van der Waals surface area contributed by atoms with Crippen LogP contribution in [0.5, 0.6) is 0 Å². The molecule has 0 amide bonds. The highest BCUT2D eigenvalue weighted by Crippen LogP contribution is 2.07. The molecule has 40 heavy (non-hydrogen) atoms. The molecule has 0 saturated carbocycles. The molecule has 5 fully saturated rings. The smallest absolute Gasteiger partial charge is 0.0594 e. The number of morpholine rings is 1. The summed E-state index contributed by atoms with van der Waals surface area (Å²) in [6.45, 7) is 14.6. The second-order valence-electron chi connectivity index (χ2n) is 11.4. The third-order valence-corrected chi connectivity index (χ3v) is 7.55. The van der Waals surface area contributed by atoms with Crippen molar-refractivity contribution in [3.8, 4) is 0 Å². The molecule has 0 aromatic rings. The predicted octanol–water partition coefficient (Wildman–Crippen LogP) is 7.54. The average Bonchev–Trinajstić information content (AvgIpc) is 3.22. The van der Waals surface area contributed by atoms with Gasteiger partial charge in [-0.1, -0.05) is 62.8 Å². The van der Waals surface area contributed by atoms with Crippen LogP contribution in [0, 0.1) is 0 Å². The molecular formula is C34H83N5O. The van der Waals surface area contributed by atoms with Crippen molar-refractivity contribution in [3.05, 3.63) is 0 Å². The lowest BCUT2D eigenvalue weighted by Gasteiger charge is -2.21. The van der Waals surface area contributed by atoms with Gasteiger partial charge in [-0.2, -0.15) is 0 Å². The maximum absolute atomic E-state index is 5.10. The maximum atomic E-state index is 5.10. The topological polar surface area (TPSA) is 25.4 Å². The second-order valence-corrected chi connectivity index (χ2v) is 11.4. The van der Waals surface area contributed by atoms with Crippen LogP contribution in [0.3, 0.4) is 0 Å². The molecule has 6 heteroatoms. The summed E-state index contributed by atoms with van der Waals surface area (Å²) < 4.78 is 5.10. The molecule has 250 valence electrons. The number of ether oxygens (including phenoxy) is 1. The molecule has 5 rings (SSSR count). The van der Waals surface area contributed by atoms with E-state index in [2.05, 4.69) is 59.7 Å². The minimum atomic E-state index is 0. The van der Waals surface area contributed by atoms with Crippen molar-refractivity contribution in [2.24, 2.45) is 0 Å². The molecule has 0 aliphatic carbocycles. The Morgan fingerprint density at radius 2 is 0.450 bits per heavy atom. The molecule has 5 aliphatic heterocycles. The molecule has 0 spiro atoms. The van der Waals surface area contributed by atoms with Crippen LogP contribution in [0.4, 0.5) is 0 Å². The molecule has 0 radical (unpaired) electrons. The van der Waals surface area contributed by atoms with Crippen molar-refractivity contribution < 1.29 is 4.74 Å². The second kappa shape index (κ2) is 35.0. The van der Waals surface area contributed by atoms with Crippen LogP contribution in [0.25, 0.3) is 0 Å². The van der Waals surface area contributed by atoms with Crippen LogP contribution >= 0.6 is 0 Å². The van der Waals surface area contributed by atoms with Gasteiger partial charge >= 0.3 is 0 Å². The third-order valence-electron chi connectivity index (χ3n) is 7.55. The molecule has 0 unspecified atom stereocenters. The number of rotatable bonds is 0. The summed E-state index contributed by atoms with van der Waals surface area (Å²) in [5.74, 6) is 0. The fraction of sp³-hybridized carbons (Fsp3) is 1.00. The van der Waals surface area contributed by atoms with Crippen LogP contribution in [0.2, 0.25) is 0 Å². The first-order valence-corrected chi connectivity index (χ1v) is 15.0. The molecule has 0 bridgehead atoms. The van der Waals surface area contributed by atoms with Gasteiger partial charge in [-0.15, -0.1) is 0 Å². The molecule has 6 nitrogen and oxygen atoms in total. The highest BCUT2D eigenvalue weighted by Gasteiger charge is 2.05. The first-order chi connectivity index (χ1) is 17.0. The van der Waals surface area contributed by atoms with E-state index in [1.165, 1.54) is 129 Å². The van der Waals surface area contributed by atoms with Gasteiger partial charge in [0.15, 0.2) is 0 Å². The van der Waals surface area contributed by atoms with E-state index in [0.29, 0.717) is 0 Å². The van der Waals surface area contributed by atoms with Crippen LogP contribution < -0.4 is 0 Å². The normalized spacial score (nSPS) is 22.1. The van der Waals surface area contributed by atoms with Crippen molar-refractivity contribution in [3.63, 3.8) is 0 Å². The van der Waals surface area contributed by atoms with Crippen molar-refractivity contribution >= 4 is 0 Å². The van der Waals surface area contributed by atoms with Gasteiger partial charge in [0.2, 0.25) is 0 Å². The summed E-state index contributed by atoms with van der Waals surface area (Å²) in [6.07, 6.45) is 17.1. The zero-order valence-electron chi connectivity index (χ0n) is 24.6. The number of hydrogen-bond acceptors (Lipinski definition) is 6. The standard InChI is InChI=1S/C7H15N.2C6H13N.C5H11NO.C5H11N.5CH4/c1-8-6-4-2-3-5-7-8;2*1-7-5-3-2-4-6-7;1-6-2-4-7-5-3-6;1-6-4-2-3-5-6;;;;;/h2-7H2,1H3;2*2-6H2,1H3;2-5H2,1H3;2-5H2,1H3;5*1H4. The fourth-order valence-electron chi connectivity index (χ4n) is 4.86. The van der Waals surface area contributed by atoms with Crippen LogP contribution in [0.1, 0.15) is 114 Å². The molecule has 0 aromatic heterocycles. The van der Waals surface area contributed by atoms with E-state index in [1.54, 1.807) is 0 Å². The average molecular weight is 578 g/mol. The number of hydrogen-bond donors (Lipinski definition) is 0. The Morgan fingerprint density at radius 1 is 0.275 bits per heavy atom. The van der Waals surface area contributed by atoms with Crippen molar-refractivity contribution in [1.82, 2.24) is 24.5 Å². The van der Waals surface area contributed by atoms with E-state index >= 15 is 0 Å². The summed E-state index contributed by atoms with van der Waals surface area (Å²) in [5.41, 5.74) is 0. The fourth-order valence-corrected chi connectivity index (χ4v) is 4.86. The Bertz CT molecular complexity index is 384. The number of likely N-dealkylation sites (tertiary alicyclic amines) is 4. The highest BCUT2D eigenvalue weighted by molar-refractivity contribution is 4.60. The first-order valence-electron chi connectivity index (χ1n) is 15.0. The lowest BCUT2D eigenvalue weighted by Crippen LogP contribution is -2.32. The van der Waals surface area contributed by atoms with Gasteiger partial charge in [-0.3, -0.25) is 0 Å². The Hall–Kier alpha value is -0.240. The minimum Gasteiger partial charge on any atom is -0.379 e. The zero-order valence-corrected chi connectivity index (χ0v) is 24.6. The predicted molar refractivity (Wildman–Crippen MR) is 187 cm³/mol. The van der Waals surface area contributed by atoms with E-state index in [-0.39, 0.29) is 37.1 Å². The lowest BCUT2D eigenvalue weighted by atomic mass is 10.1. The molecular weight excluding hydrogens is 494 g/mol. The number of nitrogens with zero attached hydrogens (tertiary/aromatic N) is 5. The molecule has 0 atom stereocenters. The van der Waals surface area contributed by atoms with E-state index < -0.39 is 0 Å². The Balaban J connectivity index is -0.000000124. The Morgan fingerprint density at radius 3 is 0.625 bits per heavy atom. The van der Waals surface area contributed by atoms with E-state index in [1.807, 2.05) is 0 Å². The van der Waals surface area contributed by atoms with Gasteiger partial charge in [-0.25, -0.2) is 0 Å². The number of piperidine rings is 2. The van der Waals surface area contributed by atoms with Crippen molar-refractivity contribution in [2.75, 3.05) is 114 Å². The first kappa shape index (κ1) is 49.4. The van der Waals surface area contributed by atoms with Crippen LogP contribution in [0.15, 0.2) is 0 Å². The lowest BCUT2D eigenvalue weighted by molar-refractivity contribution is 0.0503. The Labute approximate surface area is 257 Å². The van der Waals surface area contributed by atoms with E-state index in [0.717, 1.165) is 26.3 Å². The third kappa shape index (κ3) is 32.3. The van der Waals surface area contributed by atoms with Crippen molar-refractivity contribution in [1.29, 1.82) is 0 Å². The van der Waals surface area contributed by atoms with Crippen molar-refractivity contribution in [2.45, 2.75) is 114 Å². The molecule has 0 aromatic carbocycles. The molecule has 0 N–H and O–H groups in total. The summed E-state index contributed by atoms with van der Waals surface area (Å²) in [5, 5.41) is 0. The number of likely N-dealkylation sites (N-methyl/N-ethyl adjacent to an activating group) is 1. The van der Waals surface area contributed by atoms with Gasteiger partial charge in [0.1, 0.15) is 0 Å².